The third kappa shape index (κ3) is 15.7. The van der Waals surface area contributed by atoms with Crippen LogP contribution in [0.4, 0.5) is 0 Å². The Morgan fingerprint density at radius 3 is 0.887 bits per heavy atom. The van der Waals surface area contributed by atoms with Gasteiger partial charge in [0.25, 0.3) is 0 Å². The molecule has 1 saturated heterocycles. The van der Waals surface area contributed by atoms with E-state index in [1.807, 2.05) is 0 Å². The zero-order chi connectivity index (χ0) is 39.3. The summed E-state index contributed by atoms with van der Waals surface area (Å²) >= 11 is -10.4. The first-order valence-electron chi connectivity index (χ1n) is 19.5. The molecule has 296 valence electrons. The van der Waals surface area contributed by atoms with Crippen molar-refractivity contribution < 1.29 is 47.2 Å². The van der Waals surface area contributed by atoms with Gasteiger partial charge >= 0.3 is 333 Å². The molecule has 3 heterocycles. The van der Waals surface area contributed by atoms with Crippen molar-refractivity contribution in [3.63, 3.8) is 0 Å². The Bertz CT molecular complexity index is 1310. The van der Waals surface area contributed by atoms with Crippen LogP contribution in [0.25, 0.3) is 0 Å². The molecule has 0 aromatic heterocycles. The predicted molar refractivity (Wildman–Crippen MR) is 206 cm³/mol. The standard InChI is InChI=1S/C8H6O4.C4H4O4.6C4H9.C2H2O4.3Sn/c9-7(10)5-3-1-2-4-6(5)8(11)12;5-3(6)1-2-4(7)8;6*1-3-4-2;3-1(4)2(5)6;;;/h1-4H,(H,9,10)(H,11,12);1-2H,(H,5,6)(H,7,8);6*1,3-4H2,2H3;(H,3,4)(H,5,6);;;/q;;;;;;;;;3*+2/p-6. The van der Waals surface area contributed by atoms with E-state index in [1.54, 1.807) is 24.3 Å². The molecular weight excluding hydrogens is 1000 g/mol. The molecule has 0 unspecified atom stereocenters. The van der Waals surface area contributed by atoms with E-state index in [1.165, 1.54) is 12.2 Å². The number of unbranched alkanes of at least 4 members (excludes halogenated alkanes) is 6. The number of fused-ring (bicyclic) bond motifs is 1. The molecule has 0 spiro atoms. The molecule has 15 heteroatoms. The summed E-state index contributed by atoms with van der Waals surface area (Å²) in [6.07, 6.45) is 14.3. The van der Waals surface area contributed by atoms with Gasteiger partial charge in [-0.3, -0.25) is 0 Å². The van der Waals surface area contributed by atoms with Crippen molar-refractivity contribution >= 4 is 93.4 Å². The Balaban J connectivity index is 0.000000280. The average Bonchev–Trinajstić information content (AvgIpc) is 3.27. The van der Waals surface area contributed by atoms with E-state index in [0.29, 0.717) is 11.1 Å². The molecule has 0 bridgehead atoms. The van der Waals surface area contributed by atoms with Gasteiger partial charge in [-0.1, -0.05) is 0 Å². The zero-order valence-electron chi connectivity index (χ0n) is 32.6. The second-order valence-electron chi connectivity index (χ2n) is 13.6. The number of hydrogen-bond acceptors (Lipinski definition) is 12. The van der Waals surface area contributed by atoms with Crippen molar-refractivity contribution in [2.24, 2.45) is 0 Å². The fraction of sp³-hybridized carbons (Fsp3) is 0.632. The van der Waals surface area contributed by atoms with E-state index in [0.717, 1.165) is 104 Å². The summed E-state index contributed by atoms with van der Waals surface area (Å²) in [6.45, 7) is 12.5. The first kappa shape index (κ1) is 47.3. The molecule has 0 atom stereocenters. The second-order valence-corrected chi connectivity index (χ2v) is 41.3. The fourth-order valence-electron chi connectivity index (χ4n) is 6.01. The van der Waals surface area contributed by atoms with E-state index in [2.05, 4.69) is 41.5 Å². The van der Waals surface area contributed by atoms with E-state index in [9.17, 15) is 28.8 Å². The van der Waals surface area contributed by atoms with Crippen LogP contribution in [0, 0.1) is 0 Å². The van der Waals surface area contributed by atoms with E-state index in [-0.39, 0.29) is 11.9 Å². The number of carbonyl (C=O) groups is 6. The molecule has 0 radical (unpaired) electrons. The summed E-state index contributed by atoms with van der Waals surface area (Å²) in [4.78, 5) is 69.9. The fourth-order valence-corrected chi connectivity index (χ4v) is 34.7. The van der Waals surface area contributed by atoms with Crippen molar-refractivity contribution in [3.05, 3.63) is 47.5 Å². The summed E-state index contributed by atoms with van der Waals surface area (Å²) in [6, 6.07) is 6.77. The van der Waals surface area contributed by atoms with Crippen LogP contribution < -0.4 is 0 Å². The molecule has 53 heavy (non-hydrogen) atoms. The minimum absolute atomic E-state index is 0.342. The normalized spacial score (nSPS) is 17.8. The summed E-state index contributed by atoms with van der Waals surface area (Å²) in [5, 5.41) is 0. The van der Waals surface area contributed by atoms with Gasteiger partial charge in [0.2, 0.25) is 0 Å². The van der Waals surface area contributed by atoms with E-state index in [4.69, 9.17) is 18.4 Å². The summed E-state index contributed by atoms with van der Waals surface area (Å²) in [5.41, 5.74) is 0.683. The number of hydrogen-bond donors (Lipinski definition) is 0. The molecule has 0 saturated carbocycles. The number of carbonyl (C=O) groups excluding carboxylic acids is 6. The Labute approximate surface area is 330 Å². The molecule has 3 aliphatic heterocycles. The van der Waals surface area contributed by atoms with Crippen LogP contribution in [-0.4, -0.2) is 93.4 Å². The van der Waals surface area contributed by atoms with Crippen LogP contribution in [-0.2, 0) is 37.6 Å². The quantitative estimate of drug-likeness (QED) is 0.102. The van der Waals surface area contributed by atoms with Crippen molar-refractivity contribution in [2.45, 2.75) is 145 Å². The molecule has 12 nitrogen and oxygen atoms in total. The van der Waals surface area contributed by atoms with Crippen molar-refractivity contribution in [3.8, 4) is 0 Å². The molecule has 1 fully saturated rings. The van der Waals surface area contributed by atoms with Gasteiger partial charge in [0.15, 0.2) is 0 Å². The molecule has 0 amide bonds. The molecule has 0 N–H and O–H groups in total. The molecule has 0 aliphatic carbocycles. The van der Waals surface area contributed by atoms with Crippen molar-refractivity contribution in [1.82, 2.24) is 0 Å². The summed E-state index contributed by atoms with van der Waals surface area (Å²) < 4.78 is 37.9. The molecule has 4 rings (SSSR count). The van der Waals surface area contributed by atoms with Crippen LogP contribution in [0.2, 0.25) is 26.6 Å². The Morgan fingerprint density at radius 1 is 0.377 bits per heavy atom. The maximum atomic E-state index is 12.4. The van der Waals surface area contributed by atoms with Gasteiger partial charge in [-0.25, -0.2) is 0 Å². The molecule has 3 aliphatic rings. The maximum absolute atomic E-state index is 12.4. The van der Waals surface area contributed by atoms with Crippen LogP contribution >= 0.6 is 0 Å². The van der Waals surface area contributed by atoms with Gasteiger partial charge in [-0.15, -0.1) is 0 Å². The van der Waals surface area contributed by atoms with Crippen molar-refractivity contribution in [1.29, 1.82) is 0 Å². The van der Waals surface area contributed by atoms with E-state index >= 15 is 0 Å². The Morgan fingerprint density at radius 2 is 0.623 bits per heavy atom. The van der Waals surface area contributed by atoms with Crippen LogP contribution in [0.15, 0.2) is 36.4 Å². The monoisotopic (exact) mass is 1070 g/mol. The topological polar surface area (TPSA) is 158 Å². The first-order valence-corrected chi connectivity index (χ1v) is 38.6. The second kappa shape index (κ2) is 24.6. The Hall–Kier alpha value is -1.82. The third-order valence-electron chi connectivity index (χ3n) is 9.04. The van der Waals surface area contributed by atoms with E-state index < -0.39 is 81.5 Å². The molecule has 1 aromatic carbocycles. The predicted octanol–water partition coefficient (Wildman–Crippen LogP) is 8.87. The molecule has 1 aromatic rings. The van der Waals surface area contributed by atoms with Gasteiger partial charge in [-0.2, -0.15) is 0 Å². The van der Waals surface area contributed by atoms with Crippen LogP contribution in [0.1, 0.15) is 139 Å². The van der Waals surface area contributed by atoms with Crippen LogP contribution in [0.3, 0.4) is 0 Å². The Kier molecular flexibility index (Phi) is 22.0. The van der Waals surface area contributed by atoms with Gasteiger partial charge in [0.05, 0.1) is 0 Å². The molecular formula is C38H60O12Sn3. The van der Waals surface area contributed by atoms with Gasteiger partial charge in [0.1, 0.15) is 0 Å². The van der Waals surface area contributed by atoms with Gasteiger partial charge < -0.3 is 0 Å². The zero-order valence-corrected chi connectivity index (χ0v) is 41.2. The average molecular weight is 1070 g/mol. The van der Waals surface area contributed by atoms with Gasteiger partial charge in [0, 0.05) is 0 Å². The van der Waals surface area contributed by atoms with Gasteiger partial charge in [-0.05, 0) is 0 Å². The summed E-state index contributed by atoms with van der Waals surface area (Å²) in [7, 11) is 0. The van der Waals surface area contributed by atoms with Crippen molar-refractivity contribution in [2.75, 3.05) is 0 Å². The van der Waals surface area contributed by atoms with Crippen LogP contribution in [0.5, 0.6) is 0 Å². The minimum atomic E-state index is -3.66. The summed E-state index contributed by atoms with van der Waals surface area (Å²) in [5.74, 6) is -3.06. The number of rotatable bonds is 18. The first-order chi connectivity index (χ1) is 25.4. The third-order valence-corrected chi connectivity index (χ3v) is 37.8. The number of benzene rings is 1. The SMILES string of the molecule is CCC[CH2][Sn]1([CH2]CCC)[O]C(=O)C(=O)[O]1.CCC[CH2][Sn]1([CH2]CCC)[O]C(=O)C=CC(=O)[O]1.CCC[CH2][Sn]1([CH2]CCC)[O]C(=O)c2ccccc2C(=O)[O]1.